The van der Waals surface area contributed by atoms with Crippen LogP contribution >= 0.6 is 0 Å². The van der Waals surface area contributed by atoms with E-state index in [-0.39, 0.29) is 0 Å². The first-order valence-electron chi connectivity index (χ1n) is 5.76. The highest BCUT2D eigenvalue weighted by Crippen LogP contribution is 2.23. The topological polar surface area (TPSA) is 26.0 Å². The Balaban J connectivity index is 2.03. The fourth-order valence-corrected chi connectivity index (χ4v) is 1.97. The molecule has 1 atom stereocenters. The van der Waals surface area contributed by atoms with Gasteiger partial charge in [-0.2, -0.15) is 0 Å². The first-order chi connectivity index (χ1) is 6.33. The number of unbranched alkanes of at least 4 members (excludes halogenated alkanes) is 4. The maximum atomic E-state index is 5.84. The number of allylic oxidation sites excluding steroid dienone is 1. The zero-order valence-electron chi connectivity index (χ0n) is 8.89. The van der Waals surface area contributed by atoms with E-state index in [9.17, 15) is 0 Å². The number of hydrogen-bond donors (Lipinski definition) is 1. The van der Waals surface area contributed by atoms with Gasteiger partial charge >= 0.3 is 0 Å². The van der Waals surface area contributed by atoms with Gasteiger partial charge in [-0.3, -0.25) is 0 Å². The summed E-state index contributed by atoms with van der Waals surface area (Å²) in [5.41, 5.74) is 7.45. The van der Waals surface area contributed by atoms with Crippen LogP contribution in [0.25, 0.3) is 0 Å². The van der Waals surface area contributed by atoms with Gasteiger partial charge in [-0.05, 0) is 32.1 Å². The molecule has 13 heavy (non-hydrogen) atoms. The Morgan fingerprint density at radius 1 is 1.38 bits per heavy atom. The van der Waals surface area contributed by atoms with Crippen LogP contribution in [-0.2, 0) is 0 Å². The van der Waals surface area contributed by atoms with Crippen molar-refractivity contribution in [3.63, 3.8) is 0 Å². The normalized spacial score (nSPS) is 25.7. The molecule has 0 bridgehead atoms. The highest BCUT2D eigenvalue weighted by Gasteiger charge is 2.13. The molecule has 0 aromatic carbocycles. The van der Waals surface area contributed by atoms with Gasteiger partial charge in [0.1, 0.15) is 0 Å². The summed E-state index contributed by atoms with van der Waals surface area (Å²) in [5.74, 6) is 0. The molecule has 76 valence electrons. The fourth-order valence-electron chi connectivity index (χ4n) is 1.97. The van der Waals surface area contributed by atoms with E-state index in [1.807, 2.05) is 0 Å². The van der Waals surface area contributed by atoms with Crippen molar-refractivity contribution in [3.8, 4) is 0 Å². The van der Waals surface area contributed by atoms with Gasteiger partial charge in [0.25, 0.3) is 0 Å². The summed E-state index contributed by atoms with van der Waals surface area (Å²) in [4.78, 5) is 0. The van der Waals surface area contributed by atoms with Gasteiger partial charge in [0.05, 0.1) is 0 Å². The Morgan fingerprint density at radius 2 is 2.23 bits per heavy atom. The minimum Gasteiger partial charge on any atom is -0.327 e. The molecule has 1 aliphatic carbocycles. The van der Waals surface area contributed by atoms with Crippen LogP contribution in [0.5, 0.6) is 0 Å². The molecule has 0 saturated heterocycles. The van der Waals surface area contributed by atoms with Gasteiger partial charge in [-0.1, -0.05) is 37.8 Å². The molecule has 1 unspecified atom stereocenters. The Bertz CT molecular complexity index is 161. The van der Waals surface area contributed by atoms with Crippen LogP contribution in [0, 0.1) is 0 Å². The summed E-state index contributed by atoms with van der Waals surface area (Å²) in [5, 5.41) is 0. The Morgan fingerprint density at radius 3 is 2.85 bits per heavy atom. The lowest BCUT2D eigenvalue weighted by Crippen LogP contribution is -2.13. The molecule has 0 spiro atoms. The molecule has 0 radical (unpaired) electrons. The monoisotopic (exact) mass is 181 g/mol. The number of hydrogen-bond acceptors (Lipinski definition) is 1. The van der Waals surface area contributed by atoms with Crippen LogP contribution in [0.3, 0.4) is 0 Å². The molecule has 1 heteroatoms. The number of nitrogens with two attached hydrogens (primary N) is 1. The van der Waals surface area contributed by atoms with Crippen LogP contribution in [0.15, 0.2) is 11.6 Å². The van der Waals surface area contributed by atoms with E-state index >= 15 is 0 Å². The maximum Gasteiger partial charge on any atom is 0.00791 e. The van der Waals surface area contributed by atoms with Crippen LogP contribution in [-0.4, -0.2) is 6.04 Å². The van der Waals surface area contributed by atoms with E-state index < -0.39 is 0 Å². The van der Waals surface area contributed by atoms with Crippen molar-refractivity contribution in [2.75, 3.05) is 0 Å². The summed E-state index contributed by atoms with van der Waals surface area (Å²) in [6.45, 7) is 2.26. The van der Waals surface area contributed by atoms with E-state index in [0.717, 1.165) is 6.42 Å². The first kappa shape index (κ1) is 10.8. The van der Waals surface area contributed by atoms with Crippen molar-refractivity contribution >= 4 is 0 Å². The molecular formula is C12H23N. The van der Waals surface area contributed by atoms with Crippen molar-refractivity contribution in [1.82, 2.24) is 0 Å². The van der Waals surface area contributed by atoms with Crippen molar-refractivity contribution in [1.29, 1.82) is 0 Å². The SMILES string of the molecule is CCCCCC/C=C1/CCC(N)C1. The minimum absolute atomic E-state index is 0.460. The van der Waals surface area contributed by atoms with E-state index in [2.05, 4.69) is 13.0 Å². The lowest BCUT2D eigenvalue weighted by molar-refractivity contribution is 0.672. The molecule has 1 rings (SSSR count). The second-order valence-corrected chi connectivity index (χ2v) is 4.21. The standard InChI is InChI=1S/C12H23N/c1-2-3-4-5-6-7-11-8-9-12(13)10-11/h7,12H,2-6,8-10,13H2,1H3/b11-7-. The molecule has 0 aliphatic heterocycles. The summed E-state index contributed by atoms with van der Waals surface area (Å²) in [7, 11) is 0. The average molecular weight is 181 g/mol. The largest absolute Gasteiger partial charge is 0.327 e. The third-order valence-corrected chi connectivity index (χ3v) is 2.85. The smallest absolute Gasteiger partial charge is 0.00791 e. The number of rotatable bonds is 5. The van der Waals surface area contributed by atoms with Crippen molar-refractivity contribution in [2.24, 2.45) is 5.73 Å². The summed E-state index contributed by atoms with van der Waals surface area (Å²) in [6.07, 6.45) is 12.8. The summed E-state index contributed by atoms with van der Waals surface area (Å²) < 4.78 is 0. The average Bonchev–Trinajstić information content (AvgIpc) is 2.51. The third kappa shape index (κ3) is 4.47. The van der Waals surface area contributed by atoms with Crippen LogP contribution in [0.4, 0.5) is 0 Å². The quantitative estimate of drug-likeness (QED) is 0.510. The zero-order chi connectivity index (χ0) is 9.52. The third-order valence-electron chi connectivity index (χ3n) is 2.85. The van der Waals surface area contributed by atoms with E-state index in [1.165, 1.54) is 44.9 Å². The van der Waals surface area contributed by atoms with Crippen LogP contribution in [0.1, 0.15) is 58.3 Å². The second-order valence-electron chi connectivity index (χ2n) is 4.21. The van der Waals surface area contributed by atoms with E-state index in [4.69, 9.17) is 5.73 Å². The molecular weight excluding hydrogens is 158 g/mol. The van der Waals surface area contributed by atoms with Gasteiger partial charge in [0.2, 0.25) is 0 Å². The second kappa shape index (κ2) is 6.20. The molecule has 1 saturated carbocycles. The highest BCUT2D eigenvalue weighted by molar-refractivity contribution is 5.09. The molecule has 2 N–H and O–H groups in total. The Kier molecular flexibility index (Phi) is 5.14. The molecule has 1 aliphatic rings. The predicted octanol–water partition coefficient (Wildman–Crippen LogP) is 3.39. The lowest BCUT2D eigenvalue weighted by Gasteiger charge is -1.98. The molecule has 0 aromatic heterocycles. The minimum atomic E-state index is 0.460. The zero-order valence-corrected chi connectivity index (χ0v) is 8.89. The molecule has 0 heterocycles. The van der Waals surface area contributed by atoms with Gasteiger partial charge in [-0.25, -0.2) is 0 Å². The van der Waals surface area contributed by atoms with Crippen LogP contribution < -0.4 is 5.73 Å². The molecule has 0 amide bonds. The molecule has 1 nitrogen and oxygen atoms in total. The van der Waals surface area contributed by atoms with Gasteiger partial charge in [0.15, 0.2) is 0 Å². The Labute approximate surface area is 82.4 Å². The Hall–Kier alpha value is -0.300. The van der Waals surface area contributed by atoms with Gasteiger partial charge in [0, 0.05) is 6.04 Å². The van der Waals surface area contributed by atoms with Crippen molar-refractivity contribution < 1.29 is 0 Å². The molecule has 0 aromatic rings. The first-order valence-corrected chi connectivity index (χ1v) is 5.76. The maximum absolute atomic E-state index is 5.84. The fraction of sp³-hybridized carbons (Fsp3) is 0.833. The van der Waals surface area contributed by atoms with E-state index in [1.54, 1.807) is 5.57 Å². The van der Waals surface area contributed by atoms with E-state index in [0.29, 0.717) is 6.04 Å². The highest BCUT2D eigenvalue weighted by atomic mass is 14.6. The predicted molar refractivity (Wildman–Crippen MR) is 58.7 cm³/mol. The van der Waals surface area contributed by atoms with Crippen molar-refractivity contribution in [3.05, 3.63) is 11.6 Å². The van der Waals surface area contributed by atoms with Crippen molar-refractivity contribution in [2.45, 2.75) is 64.3 Å². The summed E-state index contributed by atoms with van der Waals surface area (Å²) in [6, 6.07) is 0.460. The lowest BCUT2D eigenvalue weighted by atomic mass is 10.1. The summed E-state index contributed by atoms with van der Waals surface area (Å²) >= 11 is 0. The van der Waals surface area contributed by atoms with Gasteiger partial charge in [-0.15, -0.1) is 0 Å². The van der Waals surface area contributed by atoms with Crippen LogP contribution in [0.2, 0.25) is 0 Å². The molecule has 1 fully saturated rings. The van der Waals surface area contributed by atoms with Gasteiger partial charge < -0.3 is 5.73 Å².